The van der Waals surface area contributed by atoms with Gasteiger partial charge in [0, 0.05) is 13.1 Å². The van der Waals surface area contributed by atoms with Crippen LogP contribution in [0.4, 0.5) is 0 Å². The van der Waals surface area contributed by atoms with Crippen LogP contribution in [0.3, 0.4) is 0 Å². The number of nitrogens with zero attached hydrogens (tertiary/aromatic N) is 1. The summed E-state index contributed by atoms with van der Waals surface area (Å²) in [6.45, 7) is 2.58. The van der Waals surface area contributed by atoms with Gasteiger partial charge in [-0.3, -0.25) is 9.59 Å². The highest BCUT2D eigenvalue weighted by Gasteiger charge is 2.35. The van der Waals surface area contributed by atoms with E-state index in [1.165, 1.54) is 4.90 Å². The Kier molecular flexibility index (Phi) is 3.93. The average Bonchev–Trinajstić information content (AvgIpc) is 2.39. The molecule has 0 radical (unpaired) electrons. The van der Waals surface area contributed by atoms with Crippen LogP contribution in [0.5, 0.6) is 0 Å². The minimum atomic E-state index is -0.667. The first-order valence-corrected chi connectivity index (χ1v) is 5.69. The number of morpholine rings is 2. The topological polar surface area (TPSA) is 93.9 Å². The number of nitrogens with two attached hydrogens (primary N) is 1. The lowest BCUT2D eigenvalue weighted by atomic mass is 10.1. The number of hydrogen-bond donors (Lipinski definition) is 2. The molecular weight excluding hydrogens is 226 g/mol. The fourth-order valence-electron chi connectivity index (χ4n) is 2.03. The van der Waals surface area contributed by atoms with Crippen LogP contribution in [-0.2, 0) is 19.1 Å². The summed E-state index contributed by atoms with van der Waals surface area (Å²) < 4.78 is 10.4. The fourth-order valence-corrected chi connectivity index (χ4v) is 2.03. The molecule has 2 aliphatic heterocycles. The molecular formula is C10H17N3O4. The van der Waals surface area contributed by atoms with Gasteiger partial charge in [0.25, 0.3) is 0 Å². The quantitative estimate of drug-likeness (QED) is 0.568. The van der Waals surface area contributed by atoms with Crippen molar-refractivity contribution in [1.29, 1.82) is 0 Å². The van der Waals surface area contributed by atoms with E-state index in [1.807, 2.05) is 0 Å². The van der Waals surface area contributed by atoms with Gasteiger partial charge >= 0.3 is 0 Å². The Labute approximate surface area is 99.2 Å². The number of hydrogen-bond acceptors (Lipinski definition) is 5. The molecule has 0 aromatic carbocycles. The number of carbonyl (C=O) groups excluding carboxylic acids is 2. The molecule has 0 aromatic rings. The van der Waals surface area contributed by atoms with Crippen molar-refractivity contribution in [3.8, 4) is 0 Å². The maximum absolute atomic E-state index is 12.2. The molecule has 2 rings (SSSR count). The van der Waals surface area contributed by atoms with Crippen molar-refractivity contribution in [2.75, 3.05) is 39.5 Å². The smallest absolute Gasteiger partial charge is 0.242 e. The minimum absolute atomic E-state index is 0.142. The first kappa shape index (κ1) is 12.3. The maximum Gasteiger partial charge on any atom is 0.242 e. The Morgan fingerprint density at radius 3 is 2.65 bits per heavy atom. The van der Waals surface area contributed by atoms with E-state index < -0.39 is 11.9 Å². The van der Waals surface area contributed by atoms with Gasteiger partial charge in [-0.2, -0.15) is 0 Å². The maximum atomic E-state index is 12.2. The molecule has 0 spiro atoms. The van der Waals surface area contributed by atoms with Crippen molar-refractivity contribution < 1.29 is 19.1 Å². The standard InChI is InChI=1S/C10H17N3O4/c11-9(14)8-6-17-4-2-13(8)10(15)7-5-16-3-1-12-7/h7-8,12H,1-6H2,(H2,11,14). The zero-order valence-electron chi connectivity index (χ0n) is 9.55. The van der Waals surface area contributed by atoms with Gasteiger partial charge in [-0.25, -0.2) is 0 Å². The Bertz CT molecular complexity index is 304. The molecule has 2 aliphatic rings. The summed E-state index contributed by atoms with van der Waals surface area (Å²) in [6.07, 6.45) is 0. The van der Waals surface area contributed by atoms with Crippen molar-refractivity contribution in [1.82, 2.24) is 10.2 Å². The lowest BCUT2D eigenvalue weighted by Crippen LogP contribution is -2.61. The van der Waals surface area contributed by atoms with E-state index in [-0.39, 0.29) is 18.6 Å². The van der Waals surface area contributed by atoms with Crippen LogP contribution >= 0.6 is 0 Å². The second-order valence-electron chi connectivity index (χ2n) is 4.11. The van der Waals surface area contributed by atoms with Gasteiger partial charge in [0.2, 0.25) is 11.8 Å². The lowest BCUT2D eigenvalue weighted by molar-refractivity contribution is -0.150. The second-order valence-corrected chi connectivity index (χ2v) is 4.11. The molecule has 2 saturated heterocycles. The summed E-state index contributed by atoms with van der Waals surface area (Å²) in [6, 6.07) is -1.05. The van der Waals surface area contributed by atoms with E-state index >= 15 is 0 Å². The molecule has 3 N–H and O–H groups in total. The summed E-state index contributed by atoms with van der Waals surface area (Å²) in [5.74, 6) is -0.674. The van der Waals surface area contributed by atoms with Crippen molar-refractivity contribution in [3.63, 3.8) is 0 Å². The highest BCUT2D eigenvalue weighted by atomic mass is 16.5. The van der Waals surface area contributed by atoms with Crippen LogP contribution in [0.1, 0.15) is 0 Å². The SMILES string of the molecule is NC(=O)C1COCCN1C(=O)C1COCCN1. The van der Waals surface area contributed by atoms with E-state index in [1.54, 1.807) is 0 Å². The summed E-state index contributed by atoms with van der Waals surface area (Å²) in [5, 5.41) is 3.07. The van der Waals surface area contributed by atoms with Crippen molar-refractivity contribution in [3.05, 3.63) is 0 Å². The lowest BCUT2D eigenvalue weighted by Gasteiger charge is -2.36. The van der Waals surface area contributed by atoms with E-state index in [9.17, 15) is 9.59 Å². The van der Waals surface area contributed by atoms with Crippen LogP contribution in [0, 0.1) is 0 Å². The predicted molar refractivity (Wildman–Crippen MR) is 58.1 cm³/mol. The third kappa shape index (κ3) is 2.74. The molecule has 0 aromatic heterocycles. The fraction of sp³-hybridized carbons (Fsp3) is 0.800. The monoisotopic (exact) mass is 243 g/mol. The molecule has 7 nitrogen and oxygen atoms in total. The number of nitrogens with one attached hydrogen (secondary N) is 1. The normalized spacial score (nSPS) is 30.0. The minimum Gasteiger partial charge on any atom is -0.378 e. The molecule has 2 fully saturated rings. The summed E-state index contributed by atoms with van der Waals surface area (Å²) in [5.41, 5.74) is 5.26. The number of ether oxygens (including phenoxy) is 2. The van der Waals surface area contributed by atoms with Gasteiger partial charge in [-0.05, 0) is 0 Å². The van der Waals surface area contributed by atoms with E-state index in [4.69, 9.17) is 15.2 Å². The van der Waals surface area contributed by atoms with E-state index in [0.29, 0.717) is 32.9 Å². The zero-order valence-corrected chi connectivity index (χ0v) is 9.55. The third-order valence-electron chi connectivity index (χ3n) is 2.96. The summed E-state index contributed by atoms with van der Waals surface area (Å²) in [7, 11) is 0. The van der Waals surface area contributed by atoms with Crippen molar-refractivity contribution in [2.45, 2.75) is 12.1 Å². The Hall–Kier alpha value is -1.18. The molecule has 96 valence electrons. The first-order chi connectivity index (χ1) is 8.20. The van der Waals surface area contributed by atoms with Crippen LogP contribution in [-0.4, -0.2) is 68.3 Å². The zero-order chi connectivity index (χ0) is 12.3. The first-order valence-electron chi connectivity index (χ1n) is 5.69. The van der Waals surface area contributed by atoms with Crippen LogP contribution < -0.4 is 11.1 Å². The molecule has 2 unspecified atom stereocenters. The Morgan fingerprint density at radius 1 is 1.24 bits per heavy atom. The van der Waals surface area contributed by atoms with Gasteiger partial charge < -0.3 is 25.4 Å². The predicted octanol–water partition coefficient (Wildman–Crippen LogP) is -2.31. The molecule has 2 atom stereocenters. The van der Waals surface area contributed by atoms with Gasteiger partial charge in [-0.15, -0.1) is 0 Å². The van der Waals surface area contributed by atoms with Crippen LogP contribution in [0.25, 0.3) is 0 Å². The summed E-state index contributed by atoms with van der Waals surface area (Å²) in [4.78, 5) is 24.9. The van der Waals surface area contributed by atoms with Gasteiger partial charge in [0.15, 0.2) is 0 Å². The van der Waals surface area contributed by atoms with Crippen molar-refractivity contribution in [2.24, 2.45) is 5.73 Å². The Balaban J connectivity index is 2.02. The van der Waals surface area contributed by atoms with Gasteiger partial charge in [-0.1, -0.05) is 0 Å². The summed E-state index contributed by atoms with van der Waals surface area (Å²) >= 11 is 0. The molecule has 17 heavy (non-hydrogen) atoms. The van der Waals surface area contributed by atoms with Crippen LogP contribution in [0.15, 0.2) is 0 Å². The second kappa shape index (κ2) is 5.44. The van der Waals surface area contributed by atoms with Crippen molar-refractivity contribution >= 4 is 11.8 Å². The largest absolute Gasteiger partial charge is 0.378 e. The Morgan fingerprint density at radius 2 is 2.00 bits per heavy atom. The van der Waals surface area contributed by atoms with Crippen LogP contribution in [0.2, 0.25) is 0 Å². The average molecular weight is 243 g/mol. The highest BCUT2D eigenvalue weighted by molar-refractivity contribution is 5.89. The number of primary amides is 1. The molecule has 7 heteroatoms. The number of rotatable bonds is 2. The molecule has 2 heterocycles. The third-order valence-corrected chi connectivity index (χ3v) is 2.96. The number of carbonyl (C=O) groups is 2. The molecule has 2 amide bonds. The van der Waals surface area contributed by atoms with Gasteiger partial charge in [0.05, 0.1) is 26.4 Å². The van der Waals surface area contributed by atoms with E-state index in [0.717, 1.165) is 0 Å². The van der Waals surface area contributed by atoms with E-state index in [2.05, 4.69) is 5.32 Å². The molecule has 0 saturated carbocycles. The molecule has 0 aliphatic carbocycles. The highest BCUT2D eigenvalue weighted by Crippen LogP contribution is 2.10. The molecule has 0 bridgehead atoms. The van der Waals surface area contributed by atoms with Gasteiger partial charge in [0.1, 0.15) is 12.1 Å². The number of amides is 2.